The fourth-order valence-corrected chi connectivity index (χ4v) is 3.83. The molecule has 0 radical (unpaired) electrons. The summed E-state index contributed by atoms with van der Waals surface area (Å²) in [6.07, 6.45) is 1.47. The molecular weight excluding hydrogens is 490 g/mol. The van der Waals surface area contributed by atoms with Gasteiger partial charge in [0.05, 0.1) is 16.9 Å². The average Bonchev–Trinajstić information content (AvgIpc) is 2.87. The molecular formula is C28H28ClN5O3. The van der Waals surface area contributed by atoms with Crippen LogP contribution >= 0.6 is 11.6 Å². The Balaban J connectivity index is 1.71. The quantitative estimate of drug-likeness (QED) is 0.324. The average molecular weight is 518 g/mol. The molecule has 8 nitrogen and oxygen atoms in total. The number of nitrogens with zero attached hydrogens (tertiary/aromatic N) is 3. The van der Waals surface area contributed by atoms with Crippen molar-refractivity contribution in [2.75, 3.05) is 32.5 Å². The lowest BCUT2D eigenvalue weighted by atomic mass is 10.2. The van der Waals surface area contributed by atoms with Crippen LogP contribution in [0.25, 0.3) is 5.69 Å². The van der Waals surface area contributed by atoms with Crippen molar-refractivity contribution in [1.29, 1.82) is 0 Å². The van der Waals surface area contributed by atoms with Crippen LogP contribution in [0.5, 0.6) is 11.5 Å². The van der Waals surface area contributed by atoms with Crippen molar-refractivity contribution >= 4 is 28.9 Å². The number of nitrogens with one attached hydrogen (secondary N) is 2. The Morgan fingerprint density at radius 2 is 1.84 bits per heavy atom. The highest BCUT2D eigenvalue weighted by Crippen LogP contribution is 2.30. The fraction of sp³-hybridized carbons (Fsp3) is 0.179. The highest BCUT2D eigenvalue weighted by molar-refractivity contribution is 6.32. The van der Waals surface area contributed by atoms with E-state index in [-0.39, 0.29) is 17.3 Å². The first-order chi connectivity index (χ1) is 17.8. The summed E-state index contributed by atoms with van der Waals surface area (Å²) in [5.41, 5.74) is 2.15. The van der Waals surface area contributed by atoms with Crippen molar-refractivity contribution in [3.63, 3.8) is 0 Å². The van der Waals surface area contributed by atoms with Gasteiger partial charge in [0, 0.05) is 24.3 Å². The number of hydrogen-bond acceptors (Lipinski definition) is 6. The maximum atomic E-state index is 13.6. The number of hydrogen-bond donors (Lipinski definition) is 2. The number of aryl methyl sites for hydroxylation is 1. The first kappa shape index (κ1) is 25.9. The molecule has 4 rings (SSSR count). The number of rotatable bonds is 9. The molecule has 2 N–H and O–H groups in total. The topological polar surface area (TPSA) is 88.5 Å². The molecule has 0 spiro atoms. The van der Waals surface area contributed by atoms with Crippen LogP contribution in [-0.4, -0.2) is 47.8 Å². The summed E-state index contributed by atoms with van der Waals surface area (Å²) in [5.74, 6) is 0.596. The predicted octanol–water partition coefficient (Wildman–Crippen LogP) is 5.02. The van der Waals surface area contributed by atoms with E-state index in [0.717, 1.165) is 12.1 Å². The van der Waals surface area contributed by atoms with Gasteiger partial charge in [-0.1, -0.05) is 41.9 Å². The van der Waals surface area contributed by atoms with Gasteiger partial charge in [0.1, 0.15) is 5.75 Å². The van der Waals surface area contributed by atoms with Gasteiger partial charge in [0.25, 0.3) is 11.5 Å². The Morgan fingerprint density at radius 1 is 1.05 bits per heavy atom. The zero-order valence-electron chi connectivity index (χ0n) is 20.9. The van der Waals surface area contributed by atoms with Gasteiger partial charge in [-0.15, -0.1) is 0 Å². The number of carbonyl (C=O) groups excluding carboxylic acids is 1. The zero-order chi connectivity index (χ0) is 26.4. The maximum absolute atomic E-state index is 13.6. The summed E-state index contributed by atoms with van der Waals surface area (Å²) in [5, 5.41) is 10.7. The second-order valence-electron chi connectivity index (χ2n) is 8.74. The standard InChI is InChI=1S/C28H28ClN5O3/c1-19-8-6-11-22(16-19)37-25-18-31-34(24-13-5-4-12-23(24)29)28(36)26(25)32-21-10-7-9-20(17-21)27(35)30-14-15-33(2)3/h4-13,16-18,32H,14-15H2,1-3H3,(H,30,35). The van der Waals surface area contributed by atoms with Crippen molar-refractivity contribution in [3.8, 4) is 17.2 Å². The van der Waals surface area contributed by atoms with Crippen LogP contribution in [0.15, 0.2) is 83.8 Å². The number of halogens is 1. The number of benzene rings is 3. The number of carbonyl (C=O) groups is 1. The summed E-state index contributed by atoms with van der Waals surface area (Å²) in [7, 11) is 3.88. The third-order valence-electron chi connectivity index (χ3n) is 5.48. The van der Waals surface area contributed by atoms with Crippen LogP contribution in [0.4, 0.5) is 11.4 Å². The van der Waals surface area contributed by atoms with Gasteiger partial charge in [-0.3, -0.25) is 9.59 Å². The molecule has 0 aliphatic heterocycles. The summed E-state index contributed by atoms with van der Waals surface area (Å²) >= 11 is 6.35. The van der Waals surface area contributed by atoms with Crippen molar-refractivity contribution in [1.82, 2.24) is 20.0 Å². The summed E-state index contributed by atoms with van der Waals surface area (Å²) in [6, 6.07) is 21.4. The van der Waals surface area contributed by atoms with Gasteiger partial charge in [0.15, 0.2) is 11.4 Å². The molecule has 0 unspecified atom stereocenters. The Kier molecular flexibility index (Phi) is 8.22. The highest BCUT2D eigenvalue weighted by atomic mass is 35.5. The van der Waals surface area contributed by atoms with Crippen molar-refractivity contribution in [2.24, 2.45) is 0 Å². The van der Waals surface area contributed by atoms with E-state index in [1.54, 1.807) is 54.6 Å². The Bertz CT molecular complexity index is 1470. The van der Waals surface area contributed by atoms with E-state index in [4.69, 9.17) is 16.3 Å². The SMILES string of the molecule is Cc1cccc(Oc2cnn(-c3ccccc3Cl)c(=O)c2Nc2cccc(C(=O)NCCN(C)C)c2)c1. The molecule has 0 saturated heterocycles. The lowest BCUT2D eigenvalue weighted by molar-refractivity contribution is 0.0951. The van der Waals surface area contributed by atoms with Gasteiger partial charge in [-0.05, 0) is 69.0 Å². The zero-order valence-corrected chi connectivity index (χ0v) is 21.6. The third-order valence-corrected chi connectivity index (χ3v) is 5.80. The number of aromatic nitrogens is 2. The number of likely N-dealkylation sites (N-methyl/N-ethyl adjacent to an activating group) is 1. The minimum Gasteiger partial charge on any atom is -0.453 e. The second kappa shape index (κ2) is 11.7. The van der Waals surface area contributed by atoms with E-state index < -0.39 is 5.56 Å². The van der Waals surface area contributed by atoms with E-state index >= 15 is 0 Å². The van der Waals surface area contributed by atoms with E-state index in [9.17, 15) is 9.59 Å². The van der Waals surface area contributed by atoms with Crippen LogP contribution in [0.2, 0.25) is 5.02 Å². The number of para-hydroxylation sites is 1. The molecule has 0 aliphatic rings. The third kappa shape index (κ3) is 6.55. The van der Waals surface area contributed by atoms with Crippen LogP contribution in [0.3, 0.4) is 0 Å². The van der Waals surface area contributed by atoms with Crippen molar-refractivity contribution < 1.29 is 9.53 Å². The van der Waals surface area contributed by atoms with Gasteiger partial charge in [0.2, 0.25) is 0 Å². The maximum Gasteiger partial charge on any atom is 0.299 e. The highest BCUT2D eigenvalue weighted by Gasteiger charge is 2.17. The normalized spacial score (nSPS) is 10.8. The van der Waals surface area contributed by atoms with Gasteiger partial charge < -0.3 is 20.3 Å². The molecule has 0 fully saturated rings. The molecule has 0 aliphatic carbocycles. The summed E-state index contributed by atoms with van der Waals surface area (Å²) < 4.78 is 7.28. The minimum absolute atomic E-state index is 0.154. The minimum atomic E-state index is -0.459. The second-order valence-corrected chi connectivity index (χ2v) is 9.14. The largest absolute Gasteiger partial charge is 0.453 e. The number of ether oxygens (including phenoxy) is 1. The Morgan fingerprint density at radius 3 is 2.59 bits per heavy atom. The first-order valence-electron chi connectivity index (χ1n) is 11.7. The molecule has 0 bridgehead atoms. The first-order valence-corrected chi connectivity index (χ1v) is 12.1. The fourth-order valence-electron chi connectivity index (χ4n) is 3.61. The van der Waals surface area contributed by atoms with Gasteiger partial charge in [-0.25, -0.2) is 0 Å². The lowest BCUT2D eigenvalue weighted by Crippen LogP contribution is -2.31. The van der Waals surface area contributed by atoms with Gasteiger partial charge >= 0.3 is 0 Å². The Labute approximate surface area is 220 Å². The molecule has 1 heterocycles. The van der Waals surface area contributed by atoms with Crippen LogP contribution in [0.1, 0.15) is 15.9 Å². The monoisotopic (exact) mass is 517 g/mol. The van der Waals surface area contributed by atoms with Crippen LogP contribution < -0.4 is 20.9 Å². The van der Waals surface area contributed by atoms with Gasteiger partial charge in [-0.2, -0.15) is 9.78 Å². The lowest BCUT2D eigenvalue weighted by Gasteiger charge is -2.16. The van der Waals surface area contributed by atoms with E-state index in [1.807, 2.05) is 44.1 Å². The smallest absolute Gasteiger partial charge is 0.299 e. The predicted molar refractivity (Wildman–Crippen MR) is 147 cm³/mol. The molecule has 4 aromatic rings. The molecule has 37 heavy (non-hydrogen) atoms. The van der Waals surface area contributed by atoms with Crippen molar-refractivity contribution in [3.05, 3.63) is 105 Å². The number of amides is 1. The van der Waals surface area contributed by atoms with E-state index in [1.165, 1.54) is 10.9 Å². The molecule has 190 valence electrons. The molecule has 0 saturated carbocycles. The van der Waals surface area contributed by atoms with Crippen LogP contribution in [0, 0.1) is 6.92 Å². The molecule has 0 atom stereocenters. The Hall–Kier alpha value is -4.14. The molecule has 9 heteroatoms. The van der Waals surface area contributed by atoms with Crippen molar-refractivity contribution in [2.45, 2.75) is 6.92 Å². The number of anilines is 2. The summed E-state index contributed by atoms with van der Waals surface area (Å²) in [6.45, 7) is 3.20. The van der Waals surface area contributed by atoms with E-state index in [0.29, 0.717) is 34.3 Å². The molecule has 1 aromatic heterocycles. The van der Waals surface area contributed by atoms with E-state index in [2.05, 4.69) is 15.7 Å². The summed E-state index contributed by atoms with van der Waals surface area (Å²) in [4.78, 5) is 28.3. The molecule has 3 aromatic carbocycles. The van der Waals surface area contributed by atoms with Crippen LogP contribution in [-0.2, 0) is 0 Å². The molecule has 1 amide bonds.